The van der Waals surface area contributed by atoms with Crippen LogP contribution in [0.25, 0.3) is 0 Å². The first-order valence-corrected chi connectivity index (χ1v) is 7.30. The van der Waals surface area contributed by atoms with E-state index in [0.29, 0.717) is 0 Å². The molecule has 2 aliphatic rings. The Morgan fingerprint density at radius 3 is 1.91 bits per heavy atom. The Morgan fingerprint density at radius 1 is 1.14 bits per heavy atom. The second-order valence-corrected chi connectivity index (χ2v) is 6.53. The second kappa shape index (κ2) is 11.9. The standard InChI is InChI=1S/C10H15.C9H13.2ClH.Zr/c1-7-6-10(4,5)9(3)8(7)2;1-8(2)7-9-5-3-4-6-9;;;/h1-5H3;3,5,8H,4,7H2,1-2H3;2*1H;/q2*-1;;;+2. The van der Waals surface area contributed by atoms with Crippen LogP contribution in [0.1, 0.15) is 61.3 Å². The van der Waals surface area contributed by atoms with Crippen molar-refractivity contribution in [1.29, 1.82) is 0 Å². The van der Waals surface area contributed by atoms with Crippen molar-refractivity contribution in [3.8, 4) is 0 Å². The van der Waals surface area contributed by atoms with E-state index in [1.807, 2.05) is 0 Å². The molecule has 0 nitrogen and oxygen atoms in total. The molecule has 0 fully saturated rings. The van der Waals surface area contributed by atoms with Crippen LogP contribution in [0.5, 0.6) is 0 Å². The van der Waals surface area contributed by atoms with Gasteiger partial charge in [0.25, 0.3) is 0 Å². The second-order valence-electron chi connectivity index (χ2n) is 6.53. The van der Waals surface area contributed by atoms with Crippen LogP contribution >= 0.6 is 24.8 Å². The molecule has 22 heavy (non-hydrogen) atoms. The number of allylic oxidation sites excluding steroid dienone is 8. The minimum atomic E-state index is 0. The Hall–Kier alpha value is 0.423. The molecule has 2 rings (SSSR count). The van der Waals surface area contributed by atoms with E-state index in [9.17, 15) is 0 Å². The van der Waals surface area contributed by atoms with Gasteiger partial charge in [-0.15, -0.1) is 38.2 Å². The molecule has 0 heterocycles. The van der Waals surface area contributed by atoms with Crippen LogP contribution in [0.15, 0.2) is 34.4 Å². The third-order valence-electron chi connectivity index (χ3n) is 3.96. The van der Waals surface area contributed by atoms with Gasteiger partial charge >= 0.3 is 26.2 Å². The van der Waals surface area contributed by atoms with Crippen molar-refractivity contribution < 1.29 is 26.2 Å². The Balaban J connectivity index is -0.000000290. The fraction of sp³-hybridized carbons (Fsp3) is 0.579. The van der Waals surface area contributed by atoms with Crippen LogP contribution in [0.3, 0.4) is 0 Å². The smallest absolute Gasteiger partial charge is 0.269 e. The van der Waals surface area contributed by atoms with Crippen molar-refractivity contribution in [2.45, 2.75) is 61.3 Å². The molecule has 124 valence electrons. The van der Waals surface area contributed by atoms with Crippen molar-refractivity contribution in [2.75, 3.05) is 0 Å². The minimum absolute atomic E-state index is 0. The predicted octanol–water partition coefficient (Wildman–Crippen LogP) is 6.68. The van der Waals surface area contributed by atoms with E-state index in [0.717, 1.165) is 12.3 Å². The fourth-order valence-corrected chi connectivity index (χ4v) is 2.44. The van der Waals surface area contributed by atoms with Gasteiger partial charge in [-0.3, -0.25) is 12.2 Å². The van der Waals surface area contributed by atoms with Gasteiger partial charge in [-0.1, -0.05) is 53.4 Å². The first-order valence-electron chi connectivity index (χ1n) is 7.30. The molecule has 0 N–H and O–H groups in total. The van der Waals surface area contributed by atoms with Crippen molar-refractivity contribution in [2.24, 2.45) is 11.3 Å². The maximum absolute atomic E-state index is 3.44. The van der Waals surface area contributed by atoms with E-state index in [-0.39, 0.29) is 56.4 Å². The fourth-order valence-electron chi connectivity index (χ4n) is 2.44. The largest absolute Gasteiger partial charge is 2.00 e. The SMILES string of the molecule is CC(C)CC1=[C-]CC=C1.CC1=[C-]C(C)(C)C(C)=C1C.Cl.Cl.[Zr+2]. The van der Waals surface area contributed by atoms with Crippen LogP contribution in [0.2, 0.25) is 0 Å². The average molecular weight is 421 g/mol. The topological polar surface area (TPSA) is 0 Å². The molecule has 0 radical (unpaired) electrons. The van der Waals surface area contributed by atoms with Gasteiger partial charge in [0, 0.05) is 0 Å². The van der Waals surface area contributed by atoms with Gasteiger partial charge in [-0.05, 0) is 5.92 Å². The molecule has 0 saturated heterocycles. The molecule has 0 atom stereocenters. The molecule has 0 bridgehead atoms. The van der Waals surface area contributed by atoms with E-state index < -0.39 is 0 Å². The molecule has 0 amide bonds. The van der Waals surface area contributed by atoms with Crippen molar-refractivity contribution >= 4 is 24.8 Å². The van der Waals surface area contributed by atoms with Crippen LogP contribution in [0, 0.1) is 23.5 Å². The molecule has 0 aromatic carbocycles. The van der Waals surface area contributed by atoms with Crippen LogP contribution < -0.4 is 0 Å². The monoisotopic (exact) mass is 418 g/mol. The van der Waals surface area contributed by atoms with Gasteiger partial charge in [0.15, 0.2) is 0 Å². The van der Waals surface area contributed by atoms with E-state index in [4.69, 9.17) is 0 Å². The summed E-state index contributed by atoms with van der Waals surface area (Å²) in [6, 6.07) is 0. The van der Waals surface area contributed by atoms with Gasteiger partial charge in [-0.2, -0.15) is 17.2 Å². The average Bonchev–Trinajstić information content (AvgIpc) is 2.84. The molecule has 3 heteroatoms. The minimum Gasteiger partial charge on any atom is -0.269 e. The van der Waals surface area contributed by atoms with Gasteiger partial charge in [0.05, 0.1) is 0 Å². The summed E-state index contributed by atoms with van der Waals surface area (Å²) in [5.41, 5.74) is 5.79. The predicted molar refractivity (Wildman–Crippen MR) is 99.0 cm³/mol. The molecule has 0 spiro atoms. The van der Waals surface area contributed by atoms with Gasteiger partial charge in [-0.25, -0.2) is 17.2 Å². The third kappa shape index (κ3) is 8.32. The van der Waals surface area contributed by atoms with E-state index in [1.54, 1.807) is 0 Å². The van der Waals surface area contributed by atoms with E-state index >= 15 is 0 Å². The van der Waals surface area contributed by atoms with Gasteiger partial charge < -0.3 is 0 Å². The number of hydrogen-bond donors (Lipinski definition) is 0. The zero-order valence-corrected chi connectivity index (χ0v) is 19.1. The summed E-state index contributed by atoms with van der Waals surface area (Å²) in [7, 11) is 0. The summed E-state index contributed by atoms with van der Waals surface area (Å²) in [6.07, 6.45) is 13.3. The molecule has 0 unspecified atom stereocenters. The molecular formula is C19H30Cl2Zr. The number of hydrogen-bond acceptors (Lipinski definition) is 0. The molecular weight excluding hydrogens is 390 g/mol. The third-order valence-corrected chi connectivity index (χ3v) is 3.96. The summed E-state index contributed by atoms with van der Waals surface area (Å²) in [4.78, 5) is 0. The summed E-state index contributed by atoms with van der Waals surface area (Å²) >= 11 is 0. The maximum atomic E-state index is 3.44. The zero-order valence-electron chi connectivity index (χ0n) is 15.0. The first kappa shape index (κ1) is 27.3. The Bertz CT molecular complexity index is 452. The van der Waals surface area contributed by atoms with Crippen molar-refractivity contribution in [3.05, 3.63) is 46.6 Å². The molecule has 0 aliphatic heterocycles. The Morgan fingerprint density at radius 2 is 1.68 bits per heavy atom. The van der Waals surface area contributed by atoms with E-state index in [2.05, 4.69) is 72.8 Å². The van der Waals surface area contributed by atoms with Gasteiger partial charge in [0.1, 0.15) is 0 Å². The number of halogens is 2. The molecule has 2 aliphatic carbocycles. The summed E-state index contributed by atoms with van der Waals surface area (Å²) in [5, 5.41) is 0. The first-order chi connectivity index (χ1) is 8.74. The van der Waals surface area contributed by atoms with Crippen LogP contribution in [-0.4, -0.2) is 0 Å². The normalized spacial score (nSPS) is 17.6. The van der Waals surface area contributed by atoms with Crippen LogP contribution in [-0.2, 0) is 26.2 Å². The van der Waals surface area contributed by atoms with Crippen LogP contribution in [0.4, 0.5) is 0 Å². The molecule has 0 saturated carbocycles. The quantitative estimate of drug-likeness (QED) is 0.437. The maximum Gasteiger partial charge on any atom is 2.00 e. The zero-order chi connectivity index (χ0) is 14.6. The summed E-state index contributed by atoms with van der Waals surface area (Å²) in [5.74, 6) is 0.773. The summed E-state index contributed by atoms with van der Waals surface area (Å²) in [6.45, 7) is 15.4. The van der Waals surface area contributed by atoms with Crippen molar-refractivity contribution in [3.63, 3.8) is 0 Å². The van der Waals surface area contributed by atoms with E-state index in [1.165, 1.54) is 28.7 Å². The Kier molecular flexibility index (Phi) is 14.7. The molecule has 0 aromatic heterocycles. The Labute approximate surface area is 169 Å². The van der Waals surface area contributed by atoms with Gasteiger partial charge in [0.2, 0.25) is 0 Å². The molecule has 0 aromatic rings. The number of rotatable bonds is 2. The van der Waals surface area contributed by atoms with Crippen molar-refractivity contribution in [1.82, 2.24) is 0 Å². The summed E-state index contributed by atoms with van der Waals surface area (Å²) < 4.78 is 0.